The molecular weight excluding hydrogens is 330 g/mol. The first-order chi connectivity index (χ1) is 12.4. The van der Waals surface area contributed by atoms with Crippen molar-refractivity contribution in [3.63, 3.8) is 0 Å². The third kappa shape index (κ3) is 2.71. The second-order valence-electron chi connectivity index (χ2n) is 6.73. The summed E-state index contributed by atoms with van der Waals surface area (Å²) in [7, 11) is 0. The van der Waals surface area contributed by atoms with Gasteiger partial charge in [-0.2, -0.15) is 4.98 Å². The van der Waals surface area contributed by atoms with Gasteiger partial charge < -0.3 is 9.64 Å². The van der Waals surface area contributed by atoms with Gasteiger partial charge in [-0.05, 0) is 36.8 Å². The van der Waals surface area contributed by atoms with Gasteiger partial charge in [-0.15, -0.1) is 0 Å². The van der Waals surface area contributed by atoms with Crippen LogP contribution in [-0.4, -0.2) is 36.3 Å². The molecule has 25 heavy (non-hydrogen) atoms. The number of hydrogen-bond acceptors (Lipinski definition) is 5. The van der Waals surface area contributed by atoms with Crippen molar-refractivity contribution in [1.29, 1.82) is 0 Å². The number of thiazole rings is 1. The molecule has 0 amide bonds. The lowest BCUT2D eigenvalue weighted by Gasteiger charge is -2.25. The minimum absolute atomic E-state index is 0.783. The third-order valence-corrected chi connectivity index (χ3v) is 6.27. The van der Waals surface area contributed by atoms with Crippen LogP contribution in [0.2, 0.25) is 0 Å². The van der Waals surface area contributed by atoms with E-state index in [-0.39, 0.29) is 0 Å². The van der Waals surface area contributed by atoms with Crippen molar-refractivity contribution in [3.8, 4) is 11.1 Å². The topological polar surface area (TPSA) is 38.2 Å². The predicted molar refractivity (Wildman–Crippen MR) is 103 cm³/mol. The van der Waals surface area contributed by atoms with Crippen LogP contribution in [-0.2, 0) is 17.6 Å². The summed E-state index contributed by atoms with van der Waals surface area (Å²) in [6.07, 6.45) is 4.71. The number of rotatable bonds is 2. The lowest BCUT2D eigenvalue weighted by atomic mass is 9.89. The van der Waals surface area contributed by atoms with E-state index in [0.717, 1.165) is 49.9 Å². The van der Waals surface area contributed by atoms with Gasteiger partial charge >= 0.3 is 0 Å². The summed E-state index contributed by atoms with van der Waals surface area (Å²) in [6, 6.07) is 10.8. The number of morpholine rings is 1. The van der Waals surface area contributed by atoms with Crippen molar-refractivity contribution in [2.75, 3.05) is 31.2 Å². The lowest BCUT2D eigenvalue weighted by Crippen LogP contribution is -2.36. The van der Waals surface area contributed by atoms with Crippen molar-refractivity contribution in [1.82, 2.24) is 9.97 Å². The van der Waals surface area contributed by atoms with E-state index in [9.17, 15) is 0 Å². The van der Waals surface area contributed by atoms with Crippen LogP contribution in [0.5, 0.6) is 0 Å². The summed E-state index contributed by atoms with van der Waals surface area (Å²) in [6.45, 7) is 3.40. The molecule has 128 valence electrons. The fourth-order valence-electron chi connectivity index (χ4n) is 3.89. The number of nitrogens with zero attached hydrogens (tertiary/aromatic N) is 3. The van der Waals surface area contributed by atoms with Crippen LogP contribution < -0.4 is 4.90 Å². The van der Waals surface area contributed by atoms with Gasteiger partial charge in [0.25, 0.3) is 0 Å². The Morgan fingerprint density at radius 2 is 1.76 bits per heavy atom. The molecule has 2 aromatic heterocycles. The van der Waals surface area contributed by atoms with Crippen molar-refractivity contribution in [2.24, 2.45) is 0 Å². The number of aryl methyl sites for hydroxylation is 1. The maximum atomic E-state index is 5.49. The van der Waals surface area contributed by atoms with Gasteiger partial charge in [0.2, 0.25) is 0 Å². The van der Waals surface area contributed by atoms with Crippen LogP contribution in [0.25, 0.3) is 21.5 Å². The second kappa shape index (κ2) is 6.39. The minimum atomic E-state index is 0.783. The molecule has 5 heteroatoms. The number of pyridine rings is 1. The molecule has 0 radical (unpaired) electrons. The highest BCUT2D eigenvalue weighted by molar-refractivity contribution is 7.22. The summed E-state index contributed by atoms with van der Waals surface area (Å²) >= 11 is 1.79. The number of aromatic nitrogens is 2. The molecule has 3 aromatic rings. The highest BCUT2D eigenvalue weighted by Crippen LogP contribution is 2.41. The normalized spacial score (nSPS) is 17.7. The highest BCUT2D eigenvalue weighted by Gasteiger charge is 2.23. The Hall–Kier alpha value is -1.98. The Labute approximate surface area is 151 Å². The Bertz CT molecular complexity index is 900. The maximum Gasteiger partial charge on any atom is 0.188 e. The molecule has 0 spiro atoms. The molecule has 0 atom stereocenters. The second-order valence-corrected chi connectivity index (χ2v) is 7.71. The average molecular weight is 351 g/mol. The molecule has 2 aliphatic rings. The van der Waals surface area contributed by atoms with Crippen LogP contribution in [0.15, 0.2) is 30.3 Å². The van der Waals surface area contributed by atoms with Gasteiger partial charge in [0.05, 0.1) is 17.9 Å². The van der Waals surface area contributed by atoms with E-state index in [0.29, 0.717) is 0 Å². The van der Waals surface area contributed by atoms with Crippen LogP contribution in [0, 0.1) is 0 Å². The first-order valence-electron chi connectivity index (χ1n) is 9.10. The standard InChI is InChI=1S/C20H21N3OS/c1-2-6-14(7-3-1)17-15-8-4-5-9-16(15)21-19-18(17)25-20(22-19)23-10-12-24-13-11-23/h1-3,6-7H,4-5,8-13H2. The first kappa shape index (κ1) is 15.3. The van der Waals surface area contributed by atoms with E-state index in [1.807, 2.05) is 0 Å². The zero-order valence-electron chi connectivity index (χ0n) is 14.2. The molecule has 1 fully saturated rings. The fourth-order valence-corrected chi connectivity index (χ4v) is 5.04. The molecule has 4 nitrogen and oxygen atoms in total. The molecule has 3 heterocycles. The van der Waals surface area contributed by atoms with E-state index in [1.165, 1.54) is 39.9 Å². The molecule has 0 saturated carbocycles. The highest BCUT2D eigenvalue weighted by atomic mass is 32.1. The molecular formula is C20H21N3OS. The summed E-state index contributed by atoms with van der Waals surface area (Å²) in [5, 5.41) is 1.09. The van der Waals surface area contributed by atoms with Gasteiger partial charge in [-0.1, -0.05) is 41.7 Å². The van der Waals surface area contributed by atoms with Gasteiger partial charge in [-0.3, -0.25) is 0 Å². The Morgan fingerprint density at radius 3 is 2.60 bits per heavy atom. The third-order valence-electron chi connectivity index (χ3n) is 5.15. The monoisotopic (exact) mass is 351 g/mol. The zero-order valence-corrected chi connectivity index (χ0v) is 15.0. The number of fused-ring (bicyclic) bond motifs is 2. The largest absolute Gasteiger partial charge is 0.378 e. The van der Waals surface area contributed by atoms with Crippen molar-refractivity contribution in [3.05, 3.63) is 41.6 Å². The smallest absolute Gasteiger partial charge is 0.188 e. The predicted octanol–water partition coefficient (Wildman–Crippen LogP) is 4.07. The summed E-state index contributed by atoms with van der Waals surface area (Å²) < 4.78 is 6.73. The summed E-state index contributed by atoms with van der Waals surface area (Å²) in [5.41, 5.74) is 6.30. The maximum absolute atomic E-state index is 5.49. The molecule has 0 bridgehead atoms. The van der Waals surface area contributed by atoms with Gasteiger partial charge in [-0.25, -0.2) is 4.98 Å². The molecule has 1 aliphatic carbocycles. The molecule has 5 rings (SSSR count). The summed E-state index contributed by atoms with van der Waals surface area (Å²) in [4.78, 5) is 12.2. The van der Waals surface area contributed by atoms with Crippen molar-refractivity contribution >= 4 is 26.8 Å². The number of hydrogen-bond donors (Lipinski definition) is 0. The minimum Gasteiger partial charge on any atom is -0.378 e. The molecule has 1 saturated heterocycles. The quantitative estimate of drug-likeness (QED) is 0.697. The van der Waals surface area contributed by atoms with Crippen LogP contribution >= 0.6 is 11.3 Å². The Morgan fingerprint density at radius 1 is 0.960 bits per heavy atom. The lowest BCUT2D eigenvalue weighted by molar-refractivity contribution is 0.122. The Balaban J connectivity index is 1.72. The molecule has 1 aromatic carbocycles. The van der Waals surface area contributed by atoms with Crippen molar-refractivity contribution in [2.45, 2.75) is 25.7 Å². The van der Waals surface area contributed by atoms with E-state index in [2.05, 4.69) is 35.2 Å². The van der Waals surface area contributed by atoms with Crippen molar-refractivity contribution < 1.29 is 4.74 Å². The van der Waals surface area contributed by atoms with Crippen LogP contribution in [0.1, 0.15) is 24.1 Å². The summed E-state index contributed by atoms with van der Waals surface area (Å²) in [5.74, 6) is 0. The van der Waals surface area contributed by atoms with Gasteiger partial charge in [0.15, 0.2) is 10.8 Å². The number of benzene rings is 1. The van der Waals surface area contributed by atoms with E-state index < -0.39 is 0 Å². The van der Waals surface area contributed by atoms with Crippen LogP contribution in [0.3, 0.4) is 0 Å². The van der Waals surface area contributed by atoms with E-state index in [4.69, 9.17) is 14.7 Å². The SMILES string of the molecule is c1ccc(-c2c3c(nc4nc(N5CCOCC5)sc24)CCCC3)cc1. The first-order valence-corrected chi connectivity index (χ1v) is 9.92. The van der Waals surface area contributed by atoms with Gasteiger partial charge in [0.1, 0.15) is 0 Å². The molecule has 0 unspecified atom stereocenters. The number of anilines is 1. The molecule has 0 N–H and O–H groups in total. The zero-order chi connectivity index (χ0) is 16.6. The van der Waals surface area contributed by atoms with Crippen LogP contribution in [0.4, 0.5) is 5.13 Å². The number of ether oxygens (including phenoxy) is 1. The van der Waals surface area contributed by atoms with E-state index in [1.54, 1.807) is 11.3 Å². The average Bonchev–Trinajstić information content (AvgIpc) is 3.11. The molecule has 1 aliphatic heterocycles. The Kier molecular flexibility index (Phi) is 3.91. The van der Waals surface area contributed by atoms with E-state index >= 15 is 0 Å². The fraction of sp³-hybridized carbons (Fsp3) is 0.400. The van der Waals surface area contributed by atoms with Gasteiger partial charge in [0, 0.05) is 24.3 Å².